The number of aromatic amines is 1. The molecule has 2 saturated heterocycles. The minimum atomic E-state index is -0.508. The third-order valence-electron chi connectivity index (χ3n) is 8.67. The number of fused-ring (bicyclic) bond motifs is 4. The Bertz CT molecular complexity index is 2070. The maximum absolute atomic E-state index is 14.6. The number of nitrogens with zero attached hydrogens (tertiary/aromatic N) is 7. The number of amides is 1. The van der Waals surface area contributed by atoms with Gasteiger partial charge in [-0.15, -0.1) is 0 Å². The molecule has 10 nitrogen and oxygen atoms in total. The molecule has 1 amide bonds. The van der Waals surface area contributed by atoms with Gasteiger partial charge in [0.1, 0.15) is 22.6 Å². The molecule has 0 radical (unpaired) electrons. The van der Waals surface area contributed by atoms with Gasteiger partial charge in [0.25, 0.3) is 0 Å². The molecule has 2 atom stereocenters. The summed E-state index contributed by atoms with van der Waals surface area (Å²) < 4.78 is 22.1. The predicted octanol–water partition coefficient (Wildman–Crippen LogP) is 6.34. The zero-order chi connectivity index (χ0) is 30.9. The SMILES string of the molecule is CC(C)(C)OC(=O)N1CC2CC1CN2c1ccc(-c2ccnc3c(-c4ccc(F)c5[nH]ncc45)c(-c4ccncc4)nn23)cc1. The van der Waals surface area contributed by atoms with Crippen molar-refractivity contribution in [1.29, 1.82) is 0 Å². The molecule has 0 saturated carbocycles. The highest BCUT2D eigenvalue weighted by Gasteiger charge is 2.46. The summed E-state index contributed by atoms with van der Waals surface area (Å²) in [5.74, 6) is -0.370. The van der Waals surface area contributed by atoms with E-state index in [1.54, 1.807) is 30.9 Å². The zero-order valence-electron chi connectivity index (χ0n) is 25.1. The predicted molar refractivity (Wildman–Crippen MR) is 169 cm³/mol. The van der Waals surface area contributed by atoms with Gasteiger partial charge in [0, 0.05) is 59.9 Å². The minimum Gasteiger partial charge on any atom is -0.444 e. The number of H-pyrrole nitrogens is 1. The Morgan fingerprint density at radius 1 is 0.956 bits per heavy atom. The van der Waals surface area contributed by atoms with E-state index in [-0.39, 0.29) is 24.0 Å². The van der Waals surface area contributed by atoms with Crippen LogP contribution in [0.1, 0.15) is 27.2 Å². The Hall–Kier alpha value is -5.32. The minimum absolute atomic E-state index is 0.145. The lowest BCUT2D eigenvalue weighted by Crippen LogP contribution is -2.50. The summed E-state index contributed by atoms with van der Waals surface area (Å²) in [6, 6.07) is 17.8. The number of piperazine rings is 1. The topological polar surface area (TPSA) is 105 Å². The number of benzene rings is 2. The van der Waals surface area contributed by atoms with E-state index in [9.17, 15) is 9.18 Å². The number of carbonyl (C=O) groups excluding carboxylic acids is 1. The molecular formula is C34H31FN8O2. The summed E-state index contributed by atoms with van der Waals surface area (Å²) in [6.45, 7) is 7.13. The second kappa shape index (κ2) is 10.1. The van der Waals surface area contributed by atoms with Gasteiger partial charge in [0.05, 0.1) is 23.5 Å². The van der Waals surface area contributed by atoms with E-state index in [4.69, 9.17) is 14.8 Å². The van der Waals surface area contributed by atoms with Crippen molar-refractivity contribution in [3.63, 3.8) is 0 Å². The molecule has 8 rings (SSSR count). The van der Waals surface area contributed by atoms with Gasteiger partial charge in [0.15, 0.2) is 5.65 Å². The van der Waals surface area contributed by atoms with Crippen LogP contribution in [0, 0.1) is 5.82 Å². The average Bonchev–Trinajstić information content (AvgIpc) is 3.84. The number of ether oxygens (including phenoxy) is 1. The summed E-state index contributed by atoms with van der Waals surface area (Å²) >= 11 is 0. The highest BCUT2D eigenvalue weighted by atomic mass is 19.1. The number of likely N-dealkylation sites (tertiary alicyclic amines) is 1. The highest BCUT2D eigenvalue weighted by Crippen LogP contribution is 2.40. The summed E-state index contributed by atoms with van der Waals surface area (Å²) in [5.41, 5.74) is 6.61. The largest absolute Gasteiger partial charge is 0.444 e. The summed E-state index contributed by atoms with van der Waals surface area (Å²) in [6.07, 6.45) is 7.57. The highest BCUT2D eigenvalue weighted by molar-refractivity contribution is 6.03. The molecule has 4 aromatic heterocycles. The van der Waals surface area contributed by atoms with Crippen molar-refractivity contribution in [3.8, 4) is 33.6 Å². The Balaban J connectivity index is 1.15. The fourth-order valence-electron chi connectivity index (χ4n) is 6.69. The standard InChI is InChI=1S/C34H31FN8O2/c1-34(2,3)45-33(44)42-19-23-16-24(42)18-41(23)22-6-4-20(5-7-22)28-12-15-37-32-29(25-8-9-27(35)31-26(25)17-38-39-31)30(40-43(28)32)21-10-13-36-14-11-21/h4-15,17,23-24H,16,18-19H2,1-3H3,(H,38,39). The third kappa shape index (κ3) is 4.57. The second-order valence-electron chi connectivity index (χ2n) is 12.7. The van der Waals surface area contributed by atoms with Gasteiger partial charge in [-0.1, -0.05) is 18.2 Å². The number of hydrogen-bond donors (Lipinski definition) is 1. The summed E-state index contributed by atoms with van der Waals surface area (Å²) in [7, 11) is 0. The molecule has 11 heteroatoms. The second-order valence-corrected chi connectivity index (χ2v) is 12.7. The number of aromatic nitrogens is 6. The van der Waals surface area contributed by atoms with E-state index in [1.807, 2.05) is 48.4 Å². The summed E-state index contributed by atoms with van der Waals surface area (Å²) in [4.78, 5) is 25.9. The van der Waals surface area contributed by atoms with E-state index >= 15 is 0 Å². The molecule has 2 aliphatic rings. The molecular weight excluding hydrogens is 571 g/mol. The Morgan fingerprint density at radius 2 is 1.76 bits per heavy atom. The maximum atomic E-state index is 14.6. The molecule has 2 aliphatic heterocycles. The molecule has 0 aliphatic carbocycles. The lowest BCUT2D eigenvalue weighted by atomic mass is 9.98. The Labute approximate surface area is 258 Å². The molecule has 0 spiro atoms. The molecule has 2 fully saturated rings. The van der Waals surface area contributed by atoms with Crippen molar-refractivity contribution in [1.82, 2.24) is 34.7 Å². The van der Waals surface area contributed by atoms with Crippen LogP contribution in [0.2, 0.25) is 0 Å². The van der Waals surface area contributed by atoms with Crippen molar-refractivity contribution >= 4 is 28.3 Å². The first-order chi connectivity index (χ1) is 21.7. The first-order valence-electron chi connectivity index (χ1n) is 15.0. The van der Waals surface area contributed by atoms with Crippen molar-refractivity contribution in [2.75, 3.05) is 18.0 Å². The van der Waals surface area contributed by atoms with Gasteiger partial charge in [-0.3, -0.25) is 10.1 Å². The van der Waals surface area contributed by atoms with Crippen LogP contribution in [0.4, 0.5) is 14.9 Å². The quantitative estimate of drug-likeness (QED) is 0.251. The molecule has 6 heterocycles. The van der Waals surface area contributed by atoms with Crippen LogP contribution in [0.5, 0.6) is 0 Å². The fourth-order valence-corrected chi connectivity index (χ4v) is 6.69. The van der Waals surface area contributed by atoms with Crippen LogP contribution in [-0.2, 0) is 4.74 Å². The number of rotatable bonds is 4. The van der Waals surface area contributed by atoms with E-state index in [0.29, 0.717) is 28.8 Å². The molecule has 226 valence electrons. The Kier molecular flexibility index (Phi) is 6.12. The van der Waals surface area contributed by atoms with Gasteiger partial charge in [0.2, 0.25) is 0 Å². The molecule has 2 unspecified atom stereocenters. The number of pyridine rings is 1. The van der Waals surface area contributed by atoms with Crippen LogP contribution in [0.15, 0.2) is 79.4 Å². The van der Waals surface area contributed by atoms with E-state index < -0.39 is 5.60 Å². The van der Waals surface area contributed by atoms with E-state index in [1.165, 1.54) is 6.07 Å². The van der Waals surface area contributed by atoms with Crippen molar-refractivity contribution in [2.24, 2.45) is 0 Å². The lowest BCUT2D eigenvalue weighted by Gasteiger charge is -2.36. The number of halogens is 1. The van der Waals surface area contributed by atoms with Gasteiger partial charge in [-0.2, -0.15) is 10.2 Å². The lowest BCUT2D eigenvalue weighted by molar-refractivity contribution is 0.0214. The Morgan fingerprint density at radius 3 is 2.49 bits per heavy atom. The monoisotopic (exact) mass is 602 g/mol. The molecule has 1 N–H and O–H groups in total. The third-order valence-corrected chi connectivity index (χ3v) is 8.67. The van der Waals surface area contributed by atoms with Crippen molar-refractivity contribution in [3.05, 3.63) is 85.2 Å². The molecule has 6 aromatic rings. The van der Waals surface area contributed by atoms with Gasteiger partial charge < -0.3 is 14.5 Å². The number of carbonyl (C=O) groups is 1. The average molecular weight is 603 g/mol. The van der Waals surface area contributed by atoms with E-state index in [0.717, 1.165) is 46.6 Å². The van der Waals surface area contributed by atoms with Gasteiger partial charge in [-0.05, 0) is 69.2 Å². The molecule has 2 bridgehead atoms. The first-order valence-corrected chi connectivity index (χ1v) is 15.0. The van der Waals surface area contributed by atoms with Gasteiger partial charge in [-0.25, -0.2) is 18.7 Å². The van der Waals surface area contributed by atoms with Crippen molar-refractivity contribution < 1.29 is 13.9 Å². The number of hydrogen-bond acceptors (Lipinski definition) is 7. The van der Waals surface area contributed by atoms with Crippen LogP contribution < -0.4 is 4.90 Å². The molecule has 45 heavy (non-hydrogen) atoms. The fraction of sp³-hybridized carbons (Fsp3) is 0.265. The van der Waals surface area contributed by atoms with Crippen LogP contribution in [0.25, 0.3) is 50.2 Å². The molecule has 2 aromatic carbocycles. The first kappa shape index (κ1) is 27.2. The van der Waals surface area contributed by atoms with Crippen molar-refractivity contribution in [2.45, 2.75) is 44.9 Å². The smallest absolute Gasteiger partial charge is 0.410 e. The zero-order valence-corrected chi connectivity index (χ0v) is 25.1. The number of anilines is 1. The summed E-state index contributed by atoms with van der Waals surface area (Å²) in [5, 5.41) is 12.6. The van der Waals surface area contributed by atoms with Crippen LogP contribution >= 0.6 is 0 Å². The normalized spacial score (nSPS) is 18.0. The van der Waals surface area contributed by atoms with E-state index in [2.05, 4.69) is 44.3 Å². The maximum Gasteiger partial charge on any atom is 0.410 e. The van der Waals surface area contributed by atoms with Crippen LogP contribution in [-0.4, -0.2) is 71.5 Å². The van der Waals surface area contributed by atoms with Gasteiger partial charge >= 0.3 is 6.09 Å². The number of nitrogens with one attached hydrogen (secondary N) is 1. The van der Waals surface area contributed by atoms with Crippen LogP contribution in [0.3, 0.4) is 0 Å².